The van der Waals surface area contributed by atoms with Crippen LogP contribution in [0.4, 0.5) is 5.69 Å². The van der Waals surface area contributed by atoms with E-state index in [0.29, 0.717) is 38.4 Å². The number of carbonyl (C=O) groups is 1. The fourth-order valence-electron chi connectivity index (χ4n) is 2.83. The van der Waals surface area contributed by atoms with E-state index >= 15 is 0 Å². The van der Waals surface area contributed by atoms with E-state index in [1.165, 1.54) is 0 Å². The van der Waals surface area contributed by atoms with Crippen LogP contribution in [-0.4, -0.2) is 45.5 Å². The molecule has 0 aliphatic carbocycles. The molecule has 1 N–H and O–H groups in total. The van der Waals surface area contributed by atoms with Crippen molar-refractivity contribution in [2.45, 2.75) is 13.3 Å². The van der Waals surface area contributed by atoms with E-state index in [2.05, 4.69) is 4.72 Å². The fraction of sp³-hybridized carbons (Fsp3) is 0.286. The van der Waals surface area contributed by atoms with Gasteiger partial charge in [0.1, 0.15) is 0 Å². The third-order valence-electron chi connectivity index (χ3n) is 4.45. The van der Waals surface area contributed by atoms with Crippen LogP contribution >= 0.6 is 0 Å². The van der Waals surface area contributed by atoms with Crippen molar-refractivity contribution in [2.24, 2.45) is 0 Å². The largest absolute Gasteiger partial charge is 0.378 e. The van der Waals surface area contributed by atoms with Crippen molar-refractivity contribution in [3.8, 4) is 0 Å². The lowest BCUT2D eigenvalue weighted by atomic mass is 10.1. The first-order chi connectivity index (χ1) is 13.4. The number of sulfonamides is 1. The van der Waals surface area contributed by atoms with E-state index in [1.54, 1.807) is 35.2 Å². The van der Waals surface area contributed by atoms with Crippen LogP contribution in [0.1, 0.15) is 16.7 Å². The van der Waals surface area contributed by atoms with Gasteiger partial charge in [-0.1, -0.05) is 42.0 Å². The summed E-state index contributed by atoms with van der Waals surface area (Å²) in [5.74, 6) is 0.0534. The summed E-state index contributed by atoms with van der Waals surface area (Å²) in [4.78, 5) is 14.1. The van der Waals surface area contributed by atoms with E-state index < -0.39 is 10.0 Å². The molecule has 3 rings (SSSR count). The van der Waals surface area contributed by atoms with Gasteiger partial charge in [-0.15, -0.1) is 0 Å². The van der Waals surface area contributed by atoms with Gasteiger partial charge in [-0.3, -0.25) is 9.52 Å². The lowest BCUT2D eigenvalue weighted by Gasteiger charge is -2.26. The highest BCUT2D eigenvalue weighted by Crippen LogP contribution is 2.14. The molecule has 7 heteroatoms. The number of nitrogens with one attached hydrogen (secondary N) is 1. The number of hydrogen-bond donors (Lipinski definition) is 1. The Morgan fingerprint density at radius 3 is 2.36 bits per heavy atom. The normalized spacial score (nSPS) is 15.0. The number of aryl methyl sites for hydroxylation is 1. The average Bonchev–Trinajstić information content (AvgIpc) is 2.69. The summed E-state index contributed by atoms with van der Waals surface area (Å²) in [7, 11) is -3.62. The predicted molar refractivity (Wildman–Crippen MR) is 110 cm³/mol. The van der Waals surface area contributed by atoms with Gasteiger partial charge in [0.2, 0.25) is 5.91 Å². The van der Waals surface area contributed by atoms with Gasteiger partial charge in [0.25, 0.3) is 10.0 Å². The van der Waals surface area contributed by atoms with Crippen LogP contribution in [0.15, 0.2) is 53.9 Å². The highest BCUT2D eigenvalue weighted by molar-refractivity contribution is 7.95. The Morgan fingerprint density at radius 1 is 1.07 bits per heavy atom. The molecule has 0 saturated carbocycles. The van der Waals surface area contributed by atoms with Gasteiger partial charge in [-0.05, 0) is 36.3 Å². The molecule has 0 bridgehead atoms. The number of nitrogens with zero attached hydrogens (tertiary/aromatic N) is 1. The van der Waals surface area contributed by atoms with Crippen molar-refractivity contribution >= 4 is 27.7 Å². The number of hydrogen-bond acceptors (Lipinski definition) is 4. The quantitative estimate of drug-likeness (QED) is 0.809. The van der Waals surface area contributed by atoms with Crippen LogP contribution in [0, 0.1) is 6.92 Å². The molecule has 1 fully saturated rings. The van der Waals surface area contributed by atoms with Gasteiger partial charge in [-0.25, -0.2) is 8.42 Å². The zero-order valence-corrected chi connectivity index (χ0v) is 16.6. The number of ether oxygens (including phenoxy) is 1. The first kappa shape index (κ1) is 20.1. The molecule has 148 valence electrons. The average molecular weight is 401 g/mol. The van der Waals surface area contributed by atoms with E-state index in [-0.39, 0.29) is 5.91 Å². The Hall–Kier alpha value is -2.64. The van der Waals surface area contributed by atoms with Gasteiger partial charge in [-0.2, -0.15) is 0 Å². The third-order valence-corrected chi connectivity index (χ3v) is 5.46. The Labute approximate surface area is 165 Å². The zero-order valence-electron chi connectivity index (χ0n) is 15.8. The molecule has 1 amide bonds. The molecule has 0 atom stereocenters. The second-order valence-electron chi connectivity index (χ2n) is 6.73. The minimum atomic E-state index is -3.62. The van der Waals surface area contributed by atoms with Crippen LogP contribution in [0.5, 0.6) is 0 Å². The second-order valence-corrected chi connectivity index (χ2v) is 8.29. The number of amides is 1. The van der Waals surface area contributed by atoms with Gasteiger partial charge < -0.3 is 9.64 Å². The SMILES string of the molecule is Cc1ccc(/C=C/S(=O)(=O)Nc2ccc(CC(=O)N3CCOCC3)cc2)cc1. The summed E-state index contributed by atoms with van der Waals surface area (Å²) in [6.45, 7) is 4.35. The number of benzene rings is 2. The van der Waals surface area contributed by atoms with Crippen molar-refractivity contribution in [1.29, 1.82) is 0 Å². The van der Waals surface area contributed by atoms with Crippen molar-refractivity contribution in [2.75, 3.05) is 31.0 Å². The van der Waals surface area contributed by atoms with E-state index in [0.717, 1.165) is 22.1 Å². The summed E-state index contributed by atoms with van der Waals surface area (Å²) >= 11 is 0. The lowest BCUT2D eigenvalue weighted by molar-refractivity contribution is -0.134. The summed E-state index contributed by atoms with van der Waals surface area (Å²) in [5.41, 5.74) is 3.23. The zero-order chi connectivity index (χ0) is 20.0. The number of carbonyl (C=O) groups excluding carboxylic acids is 1. The van der Waals surface area contributed by atoms with Gasteiger partial charge in [0.15, 0.2) is 0 Å². The number of rotatable bonds is 6. The smallest absolute Gasteiger partial charge is 0.255 e. The molecule has 1 aliphatic rings. The van der Waals surface area contributed by atoms with Crippen LogP contribution in [0.25, 0.3) is 6.08 Å². The molecule has 1 heterocycles. The fourth-order valence-corrected chi connectivity index (χ4v) is 3.70. The predicted octanol–water partition coefficient (Wildman–Crippen LogP) is 2.81. The Balaban J connectivity index is 1.58. The van der Waals surface area contributed by atoms with Crippen LogP contribution in [0.2, 0.25) is 0 Å². The minimum absolute atomic E-state index is 0.0534. The maximum atomic E-state index is 12.3. The Bertz CT molecular complexity index is 929. The minimum Gasteiger partial charge on any atom is -0.378 e. The van der Waals surface area contributed by atoms with Gasteiger partial charge >= 0.3 is 0 Å². The molecule has 0 aromatic heterocycles. The third kappa shape index (κ3) is 5.94. The first-order valence-electron chi connectivity index (χ1n) is 9.13. The highest BCUT2D eigenvalue weighted by atomic mass is 32.2. The number of morpholine rings is 1. The standard InChI is InChI=1S/C21H24N2O4S/c1-17-2-4-18(5-3-17)10-15-28(25,26)22-20-8-6-19(7-9-20)16-21(24)23-11-13-27-14-12-23/h2-10,15,22H,11-14,16H2,1H3/b15-10+. The molecular weight excluding hydrogens is 376 g/mol. The molecule has 28 heavy (non-hydrogen) atoms. The molecule has 1 aliphatic heterocycles. The van der Waals surface area contributed by atoms with Crippen molar-refractivity contribution in [1.82, 2.24) is 4.90 Å². The first-order valence-corrected chi connectivity index (χ1v) is 10.7. The topological polar surface area (TPSA) is 75.7 Å². The van der Waals surface area contributed by atoms with Gasteiger partial charge in [0.05, 0.1) is 25.0 Å². The van der Waals surface area contributed by atoms with Gasteiger partial charge in [0, 0.05) is 18.8 Å². The maximum Gasteiger partial charge on any atom is 0.255 e. The van der Waals surface area contributed by atoms with E-state index in [9.17, 15) is 13.2 Å². The van der Waals surface area contributed by atoms with E-state index in [4.69, 9.17) is 4.74 Å². The summed E-state index contributed by atoms with van der Waals surface area (Å²) in [5, 5.41) is 1.15. The van der Waals surface area contributed by atoms with Crippen LogP contribution in [0.3, 0.4) is 0 Å². The van der Waals surface area contributed by atoms with Crippen LogP contribution < -0.4 is 4.72 Å². The summed E-state index contributed by atoms with van der Waals surface area (Å²) in [6.07, 6.45) is 1.84. The molecular formula is C21H24N2O4S. The van der Waals surface area contributed by atoms with E-state index in [1.807, 2.05) is 31.2 Å². The van der Waals surface area contributed by atoms with Crippen molar-refractivity contribution in [3.63, 3.8) is 0 Å². The molecule has 0 unspecified atom stereocenters. The van der Waals surface area contributed by atoms with Crippen molar-refractivity contribution in [3.05, 3.63) is 70.6 Å². The molecule has 0 radical (unpaired) electrons. The molecule has 2 aromatic rings. The van der Waals surface area contributed by atoms with Crippen molar-refractivity contribution < 1.29 is 17.9 Å². The lowest BCUT2D eigenvalue weighted by Crippen LogP contribution is -2.41. The Kier molecular flexibility index (Phi) is 6.49. The maximum absolute atomic E-state index is 12.3. The number of anilines is 1. The highest BCUT2D eigenvalue weighted by Gasteiger charge is 2.17. The molecule has 0 spiro atoms. The summed E-state index contributed by atoms with van der Waals surface area (Å²) in [6, 6.07) is 14.4. The Morgan fingerprint density at radius 2 is 1.71 bits per heavy atom. The second kappa shape index (κ2) is 9.03. The molecule has 6 nitrogen and oxygen atoms in total. The van der Waals surface area contributed by atoms with Crippen LogP contribution in [-0.2, 0) is 26.0 Å². The summed E-state index contributed by atoms with van der Waals surface area (Å²) < 4.78 is 32.2. The monoisotopic (exact) mass is 400 g/mol. The molecule has 2 aromatic carbocycles. The molecule has 1 saturated heterocycles.